The van der Waals surface area contributed by atoms with E-state index in [0.29, 0.717) is 17.3 Å². The zero-order chi connectivity index (χ0) is 15.2. The van der Waals surface area contributed by atoms with Gasteiger partial charge in [-0.1, -0.05) is 11.8 Å². The first kappa shape index (κ1) is 15.1. The van der Waals surface area contributed by atoms with Crippen molar-refractivity contribution in [3.05, 3.63) is 48.0 Å². The van der Waals surface area contributed by atoms with E-state index in [2.05, 4.69) is 10.3 Å². The van der Waals surface area contributed by atoms with Crippen molar-refractivity contribution in [1.82, 2.24) is 10.3 Å². The van der Waals surface area contributed by atoms with E-state index in [1.165, 1.54) is 24.0 Å². The van der Waals surface area contributed by atoms with Crippen LogP contribution in [0, 0.1) is 0 Å². The third-order valence-corrected chi connectivity index (χ3v) is 3.72. The molecule has 0 radical (unpaired) electrons. The van der Waals surface area contributed by atoms with Crippen molar-refractivity contribution in [2.75, 3.05) is 0 Å². The normalized spacial score (nSPS) is 11.9. The van der Waals surface area contributed by atoms with Crippen LogP contribution in [0.5, 0.6) is 0 Å². The monoisotopic (exact) mass is 306 g/mol. The molecule has 1 unspecified atom stereocenters. The minimum atomic E-state index is -1.02. The Kier molecular flexibility index (Phi) is 4.99. The van der Waals surface area contributed by atoms with Gasteiger partial charge in [-0.05, 0) is 31.2 Å². The van der Waals surface area contributed by atoms with Crippen LogP contribution in [0.3, 0.4) is 0 Å². The molecule has 0 fully saturated rings. The fourth-order valence-electron chi connectivity index (χ4n) is 1.54. The Morgan fingerprint density at radius 3 is 2.81 bits per heavy atom. The van der Waals surface area contributed by atoms with Gasteiger partial charge in [0.05, 0.1) is 28.6 Å². The first-order valence-corrected chi connectivity index (χ1v) is 7.10. The van der Waals surface area contributed by atoms with E-state index in [9.17, 15) is 9.59 Å². The molecule has 1 atom stereocenters. The molecule has 1 amide bonds. The molecule has 21 heavy (non-hydrogen) atoms. The molecular formula is C14H14N2O4S. The number of aromatic carboxylic acids is 1. The van der Waals surface area contributed by atoms with Crippen LogP contribution in [0.25, 0.3) is 0 Å². The molecule has 6 nitrogen and oxygen atoms in total. The molecule has 2 rings (SSSR count). The molecule has 0 saturated carbocycles. The van der Waals surface area contributed by atoms with Crippen LogP contribution in [0.1, 0.15) is 23.0 Å². The molecule has 0 spiro atoms. The summed E-state index contributed by atoms with van der Waals surface area (Å²) in [6.07, 6.45) is 2.83. The number of hydrogen-bond donors (Lipinski definition) is 2. The van der Waals surface area contributed by atoms with Crippen molar-refractivity contribution in [2.45, 2.75) is 23.7 Å². The Morgan fingerprint density at radius 2 is 2.24 bits per heavy atom. The fraction of sp³-hybridized carbons (Fsp3) is 0.214. The lowest BCUT2D eigenvalue weighted by Crippen LogP contribution is -2.30. The number of aromatic nitrogens is 1. The highest BCUT2D eigenvalue weighted by Crippen LogP contribution is 2.21. The van der Waals surface area contributed by atoms with Gasteiger partial charge in [-0.15, -0.1) is 0 Å². The van der Waals surface area contributed by atoms with Gasteiger partial charge in [0.1, 0.15) is 5.76 Å². The lowest BCUT2D eigenvalue weighted by Gasteiger charge is -2.10. The Morgan fingerprint density at radius 1 is 1.43 bits per heavy atom. The first-order chi connectivity index (χ1) is 10.1. The Balaban J connectivity index is 1.86. The number of carboxylic acid groups (broad SMARTS) is 1. The maximum absolute atomic E-state index is 11.9. The SMILES string of the molecule is CC(Sc1ccc(C(=O)O)cn1)C(=O)NCc1ccco1. The molecule has 7 heteroatoms. The van der Waals surface area contributed by atoms with Gasteiger partial charge < -0.3 is 14.8 Å². The van der Waals surface area contributed by atoms with Crippen LogP contribution in [-0.4, -0.2) is 27.2 Å². The maximum atomic E-state index is 11.9. The molecule has 0 aliphatic carbocycles. The molecule has 110 valence electrons. The summed E-state index contributed by atoms with van der Waals surface area (Å²) in [6, 6.07) is 6.59. The van der Waals surface area contributed by atoms with Crippen molar-refractivity contribution in [1.29, 1.82) is 0 Å². The van der Waals surface area contributed by atoms with Crippen LogP contribution in [-0.2, 0) is 11.3 Å². The molecule has 2 aromatic rings. The lowest BCUT2D eigenvalue weighted by molar-refractivity contribution is -0.120. The largest absolute Gasteiger partial charge is 0.478 e. The number of thioether (sulfide) groups is 1. The first-order valence-electron chi connectivity index (χ1n) is 6.22. The maximum Gasteiger partial charge on any atom is 0.337 e. The zero-order valence-electron chi connectivity index (χ0n) is 11.3. The molecule has 2 aromatic heterocycles. The average molecular weight is 306 g/mol. The summed E-state index contributed by atoms with van der Waals surface area (Å²) in [6.45, 7) is 2.09. The van der Waals surface area contributed by atoms with Gasteiger partial charge in [0.2, 0.25) is 5.91 Å². The predicted molar refractivity (Wildman–Crippen MR) is 77.1 cm³/mol. The Hall–Kier alpha value is -2.28. The van der Waals surface area contributed by atoms with E-state index >= 15 is 0 Å². The topological polar surface area (TPSA) is 92.4 Å². The van der Waals surface area contributed by atoms with Crippen molar-refractivity contribution in [2.24, 2.45) is 0 Å². The highest BCUT2D eigenvalue weighted by molar-refractivity contribution is 8.00. The van der Waals surface area contributed by atoms with E-state index in [1.807, 2.05) is 0 Å². The third kappa shape index (κ3) is 4.35. The fourth-order valence-corrected chi connectivity index (χ4v) is 2.36. The van der Waals surface area contributed by atoms with E-state index in [0.717, 1.165) is 0 Å². The molecule has 2 N–H and O–H groups in total. The van der Waals surface area contributed by atoms with Gasteiger partial charge in [0, 0.05) is 6.20 Å². The number of furan rings is 1. The number of pyridine rings is 1. The van der Waals surface area contributed by atoms with Crippen molar-refractivity contribution in [3.63, 3.8) is 0 Å². The van der Waals surface area contributed by atoms with E-state index in [4.69, 9.17) is 9.52 Å². The van der Waals surface area contributed by atoms with E-state index in [-0.39, 0.29) is 16.7 Å². The summed E-state index contributed by atoms with van der Waals surface area (Å²) in [5.74, 6) is -0.478. The quantitative estimate of drug-likeness (QED) is 0.795. The number of carbonyl (C=O) groups excluding carboxylic acids is 1. The molecule has 0 aromatic carbocycles. The molecule has 0 saturated heterocycles. The smallest absolute Gasteiger partial charge is 0.337 e. The predicted octanol–water partition coefficient (Wildman–Crippen LogP) is 2.17. The highest BCUT2D eigenvalue weighted by Gasteiger charge is 2.15. The molecule has 0 bridgehead atoms. The number of rotatable bonds is 6. The van der Waals surface area contributed by atoms with Crippen molar-refractivity contribution < 1.29 is 19.1 Å². The highest BCUT2D eigenvalue weighted by atomic mass is 32.2. The van der Waals surface area contributed by atoms with Crippen LogP contribution < -0.4 is 5.32 Å². The van der Waals surface area contributed by atoms with Gasteiger partial charge in [-0.3, -0.25) is 4.79 Å². The van der Waals surface area contributed by atoms with Crippen LogP contribution in [0.15, 0.2) is 46.2 Å². The van der Waals surface area contributed by atoms with Crippen molar-refractivity contribution >= 4 is 23.6 Å². The van der Waals surface area contributed by atoms with Crippen LogP contribution in [0.2, 0.25) is 0 Å². The second-order valence-electron chi connectivity index (χ2n) is 4.25. The van der Waals surface area contributed by atoms with Crippen molar-refractivity contribution in [3.8, 4) is 0 Å². The summed E-state index contributed by atoms with van der Waals surface area (Å²) in [5.41, 5.74) is 0.120. The van der Waals surface area contributed by atoms with Gasteiger partial charge in [-0.25, -0.2) is 9.78 Å². The number of nitrogens with one attached hydrogen (secondary N) is 1. The van der Waals surface area contributed by atoms with Gasteiger partial charge in [0.25, 0.3) is 0 Å². The summed E-state index contributed by atoms with van der Waals surface area (Å²) in [7, 11) is 0. The van der Waals surface area contributed by atoms with E-state index in [1.54, 1.807) is 31.4 Å². The summed E-state index contributed by atoms with van der Waals surface area (Å²) >= 11 is 1.26. The average Bonchev–Trinajstić information content (AvgIpc) is 2.98. The number of carboxylic acids is 1. The Bertz CT molecular complexity index is 610. The standard InChI is InChI=1S/C14H14N2O4S/c1-9(13(17)16-8-11-3-2-6-20-11)21-12-5-4-10(7-15-12)14(18)19/h2-7,9H,8H2,1H3,(H,16,17)(H,18,19). The number of hydrogen-bond acceptors (Lipinski definition) is 5. The molecular weight excluding hydrogens is 292 g/mol. The molecule has 0 aliphatic heterocycles. The summed E-state index contributed by atoms with van der Waals surface area (Å²) in [5, 5.41) is 11.8. The summed E-state index contributed by atoms with van der Waals surface area (Å²) < 4.78 is 5.13. The zero-order valence-corrected chi connectivity index (χ0v) is 12.1. The van der Waals surface area contributed by atoms with Gasteiger partial charge >= 0.3 is 5.97 Å². The Labute approximate surface area is 125 Å². The van der Waals surface area contributed by atoms with Crippen LogP contribution in [0.4, 0.5) is 0 Å². The number of nitrogens with zero attached hydrogens (tertiary/aromatic N) is 1. The van der Waals surface area contributed by atoms with Gasteiger partial charge in [0.15, 0.2) is 0 Å². The number of amides is 1. The number of carbonyl (C=O) groups is 2. The van der Waals surface area contributed by atoms with Gasteiger partial charge in [-0.2, -0.15) is 0 Å². The molecule has 2 heterocycles. The van der Waals surface area contributed by atoms with Crippen LogP contribution >= 0.6 is 11.8 Å². The second kappa shape index (κ2) is 6.94. The lowest BCUT2D eigenvalue weighted by atomic mass is 10.3. The van der Waals surface area contributed by atoms with E-state index < -0.39 is 5.97 Å². The minimum absolute atomic E-state index is 0.120. The third-order valence-electron chi connectivity index (χ3n) is 2.67. The molecule has 0 aliphatic rings. The minimum Gasteiger partial charge on any atom is -0.478 e. The second-order valence-corrected chi connectivity index (χ2v) is 5.61. The summed E-state index contributed by atoms with van der Waals surface area (Å²) in [4.78, 5) is 26.7.